The van der Waals surface area contributed by atoms with Gasteiger partial charge < -0.3 is 41.3 Å². The zero-order valence-corrected chi connectivity index (χ0v) is 50.9. The summed E-state index contributed by atoms with van der Waals surface area (Å²) in [6.07, 6.45) is 5.48. The smallest absolute Gasteiger partial charge is 0.284 e. The number of nitrogens with zero attached hydrogens (tertiary/aromatic N) is 8. The van der Waals surface area contributed by atoms with Crippen molar-refractivity contribution in [2.45, 2.75) is 97.8 Å². The molecule has 8 N–H and O–H groups in total. The van der Waals surface area contributed by atoms with Gasteiger partial charge in [-0.05, 0) is 119 Å². The van der Waals surface area contributed by atoms with Crippen molar-refractivity contribution < 1.29 is 46.6 Å². The first kappa shape index (κ1) is 62.3. The second-order valence-corrected chi connectivity index (χ2v) is 25.3. The molecular weight excluding hydrogens is 1160 g/mol. The van der Waals surface area contributed by atoms with Gasteiger partial charge in [0.25, 0.3) is 11.8 Å². The number of carbonyl (C=O) groups is 4. The van der Waals surface area contributed by atoms with Crippen molar-refractivity contribution in [1.82, 2.24) is 29.9 Å². The Kier molecular flexibility index (Phi) is 20.2. The zero-order chi connectivity index (χ0) is 61.2. The Morgan fingerprint density at radius 1 is 0.988 bits per heavy atom. The normalized spacial score (nSPS) is 17.0. The molecule has 26 heteroatoms. The van der Waals surface area contributed by atoms with Crippen LogP contribution in [0.4, 0.5) is 15.3 Å². The molecule has 86 heavy (non-hydrogen) atoms. The van der Waals surface area contributed by atoms with E-state index >= 15 is 4.39 Å². The van der Waals surface area contributed by atoms with E-state index in [1.165, 1.54) is 46.1 Å². The molecule has 0 aliphatic carbocycles. The lowest BCUT2D eigenvalue weighted by Gasteiger charge is -2.31. The average molecular weight is 1230 g/mol. The SMILES string of the molecule is CC(=NCC1CCOCC1)C(=CN)c1ccc(N2CCc3cccc(C(=O)Nc4nc5ccccc5s4)c3C2)nc1C(=O)NS(=O)(=O)CCCO/C(C=N[C@H](C(=O)N1CCC[C@H]1C(=O)N[C@@H](C)c1ccc(-c2scnc2C)c(F)c1O)C(C)C)=N/N. The number of aromatic nitrogens is 3. The summed E-state index contributed by atoms with van der Waals surface area (Å²) in [5, 5.41) is 20.8. The number of phenols is 1. The molecule has 0 spiro atoms. The number of hydrogen-bond acceptors (Lipinski definition) is 20. The first-order chi connectivity index (χ1) is 41.3. The molecule has 4 amide bonds. The van der Waals surface area contributed by atoms with Crippen LogP contribution in [-0.4, -0.2) is 132 Å². The van der Waals surface area contributed by atoms with Crippen LogP contribution in [0.25, 0.3) is 26.2 Å². The Morgan fingerprint density at radius 3 is 2.51 bits per heavy atom. The van der Waals surface area contributed by atoms with Gasteiger partial charge >= 0.3 is 0 Å². The van der Waals surface area contributed by atoms with Crippen molar-refractivity contribution >= 4 is 101 Å². The fourth-order valence-electron chi connectivity index (χ4n) is 10.7. The molecular formula is C60H70FN13O9S3. The Labute approximate surface area is 506 Å². The summed E-state index contributed by atoms with van der Waals surface area (Å²) in [5.41, 5.74) is 12.8. The van der Waals surface area contributed by atoms with Crippen molar-refractivity contribution in [3.63, 3.8) is 0 Å². The number of allylic oxidation sites excluding steroid dienone is 1. The lowest BCUT2D eigenvalue weighted by atomic mass is 9.94. The number of ether oxygens (including phenoxy) is 2. The van der Waals surface area contributed by atoms with Crippen LogP contribution in [0.5, 0.6) is 5.75 Å². The minimum absolute atomic E-state index is 0.139. The number of rotatable bonds is 21. The number of nitrogens with one attached hydrogen (secondary N) is 3. The quantitative estimate of drug-likeness (QED) is 0.0132. The molecule has 3 aliphatic heterocycles. The maximum absolute atomic E-state index is 15.5. The third-order valence-corrected chi connectivity index (χ3v) is 18.7. The summed E-state index contributed by atoms with van der Waals surface area (Å²) in [6.45, 7) is 11.2. The summed E-state index contributed by atoms with van der Waals surface area (Å²) in [4.78, 5) is 83.0. The lowest BCUT2D eigenvalue weighted by Crippen LogP contribution is -2.50. The van der Waals surface area contributed by atoms with Gasteiger partial charge in [0.2, 0.25) is 27.7 Å². The van der Waals surface area contributed by atoms with Crippen LogP contribution in [0, 0.1) is 24.6 Å². The average Bonchev–Trinajstić information content (AvgIpc) is 4.51. The van der Waals surface area contributed by atoms with Gasteiger partial charge in [-0.3, -0.25) is 34.5 Å². The number of carbonyl (C=O) groups excluding carboxylic acids is 4. The van der Waals surface area contributed by atoms with Gasteiger partial charge in [-0.1, -0.05) is 55.5 Å². The number of anilines is 2. The molecule has 0 saturated carbocycles. The summed E-state index contributed by atoms with van der Waals surface area (Å²) in [7, 11) is -4.36. The highest BCUT2D eigenvalue weighted by molar-refractivity contribution is 7.90. The number of nitrogens with two attached hydrogens (primary N) is 2. The zero-order valence-electron chi connectivity index (χ0n) is 48.4. The third-order valence-electron chi connectivity index (χ3n) is 15.4. The molecule has 3 atom stereocenters. The van der Waals surface area contributed by atoms with E-state index in [4.69, 9.17) is 31.0 Å². The van der Waals surface area contributed by atoms with Gasteiger partial charge in [0, 0.05) is 79.1 Å². The van der Waals surface area contributed by atoms with Crippen molar-refractivity contribution in [2.75, 3.05) is 55.4 Å². The topological polar surface area (TPSA) is 311 Å². The number of fused-ring (bicyclic) bond motifs is 2. The number of aliphatic imine (C=N–C) groups is 2. The number of likely N-dealkylation sites (tertiary alicyclic amines) is 1. The summed E-state index contributed by atoms with van der Waals surface area (Å²) in [5.74, 6) is 1.50. The highest BCUT2D eigenvalue weighted by Gasteiger charge is 2.39. The molecule has 3 aromatic carbocycles. The number of aryl methyl sites for hydroxylation is 1. The number of sulfonamides is 1. The highest BCUT2D eigenvalue weighted by Crippen LogP contribution is 2.38. The monoisotopic (exact) mass is 1230 g/mol. The van der Waals surface area contributed by atoms with E-state index in [2.05, 4.69) is 35.4 Å². The number of halogens is 1. The molecule has 0 unspecified atom stereocenters. The minimum atomic E-state index is -4.36. The molecule has 454 valence electrons. The molecule has 22 nitrogen and oxygen atoms in total. The predicted molar refractivity (Wildman–Crippen MR) is 332 cm³/mol. The summed E-state index contributed by atoms with van der Waals surface area (Å²) in [6, 6.07) is 17.0. The number of hydrazone groups is 1. The van der Waals surface area contributed by atoms with Crippen molar-refractivity contribution in [1.29, 1.82) is 0 Å². The minimum Gasteiger partial charge on any atom is -0.505 e. The van der Waals surface area contributed by atoms with E-state index in [9.17, 15) is 32.7 Å². The molecule has 0 bridgehead atoms. The number of hydrogen-bond donors (Lipinski definition) is 6. The number of phenolic OH excluding ortho intramolecular Hbond substituents is 1. The number of benzene rings is 3. The molecule has 9 rings (SSSR count). The summed E-state index contributed by atoms with van der Waals surface area (Å²) < 4.78 is 57.4. The number of amides is 4. The van der Waals surface area contributed by atoms with E-state index in [1.807, 2.05) is 41.3 Å². The molecule has 3 aliphatic rings. The van der Waals surface area contributed by atoms with E-state index in [-0.39, 0.29) is 66.2 Å². The maximum Gasteiger partial charge on any atom is 0.284 e. The second kappa shape index (κ2) is 27.9. The molecule has 6 aromatic rings. The molecule has 2 saturated heterocycles. The Balaban J connectivity index is 0.843. The largest absolute Gasteiger partial charge is 0.505 e. The first-order valence-electron chi connectivity index (χ1n) is 28.4. The third kappa shape index (κ3) is 14.5. The van der Waals surface area contributed by atoms with Crippen molar-refractivity contribution in [3.8, 4) is 16.2 Å². The standard InChI is InChI=1S/C60H70FN13O9S3/c1-34(2)52(59(79)74-23-9-14-47(74)57(77)67-36(4)40-16-17-43(51(61)54(40)75)55-37(5)66-33-84-55)65-31-50(71-63)83-25-10-28-86(80,81)72-58(78)53-41(44(29-62)35(3)64-30-38-21-26-82-27-22-38)18-19-49(69-53)73-24-20-39-11-8-12-42(45(39)32-73)56(76)70-60-68-46-13-6-7-15-48(46)85-60/h6-8,11-13,15-19,29,31,33-34,36,38,47,52,75H,9-10,14,20-28,30,32,62-63H2,1-5H3,(H,67,77)(H,72,78)(H,68,70,76)/b44-29?,64-35?,65-31?,71-50+/t36-,47-,52-/m0/s1. The van der Waals surface area contributed by atoms with Crippen LogP contribution in [0.1, 0.15) is 115 Å². The van der Waals surface area contributed by atoms with E-state index < -0.39 is 63.2 Å². The number of aromatic hydroxyl groups is 1. The number of para-hydroxylation sites is 1. The van der Waals surface area contributed by atoms with E-state index in [1.54, 1.807) is 64.4 Å². The summed E-state index contributed by atoms with van der Waals surface area (Å²) >= 11 is 2.62. The second-order valence-electron chi connectivity index (χ2n) is 21.6. The molecule has 3 aromatic heterocycles. The van der Waals surface area contributed by atoms with E-state index in [0.717, 1.165) is 34.2 Å². The fraction of sp³-hybridized carbons (Fsp3) is 0.400. The Hall–Kier alpha value is -8.20. The fourth-order valence-corrected chi connectivity index (χ4v) is 13.4. The van der Waals surface area contributed by atoms with E-state index in [0.29, 0.717) is 89.9 Å². The molecule has 2 fully saturated rings. The van der Waals surface area contributed by atoms with Gasteiger partial charge in [-0.15, -0.1) is 16.4 Å². The lowest BCUT2D eigenvalue weighted by molar-refractivity contribution is -0.140. The molecule has 0 radical (unpaired) electrons. The number of thiazole rings is 2. The van der Waals surface area contributed by atoms with Gasteiger partial charge in [0.05, 0.1) is 50.9 Å². The van der Waals surface area contributed by atoms with Crippen LogP contribution in [-0.2, 0) is 42.1 Å². The van der Waals surface area contributed by atoms with Crippen LogP contribution in [0.2, 0.25) is 0 Å². The Morgan fingerprint density at radius 2 is 1.78 bits per heavy atom. The first-order valence-corrected chi connectivity index (χ1v) is 31.8. The number of pyridine rings is 1. The van der Waals surface area contributed by atoms with Gasteiger partial charge in [0.1, 0.15) is 23.6 Å². The van der Waals surface area contributed by atoms with Crippen LogP contribution >= 0.6 is 22.7 Å². The Bertz CT molecular complexity index is 3710. The van der Waals surface area contributed by atoms with Crippen LogP contribution < -0.4 is 31.8 Å². The van der Waals surface area contributed by atoms with Crippen LogP contribution in [0.3, 0.4) is 0 Å². The van der Waals surface area contributed by atoms with Crippen LogP contribution in [0.15, 0.2) is 93.5 Å². The van der Waals surface area contributed by atoms with Gasteiger partial charge in [-0.2, -0.15) is 0 Å². The van der Waals surface area contributed by atoms with Crippen molar-refractivity contribution in [2.24, 2.45) is 38.5 Å². The highest BCUT2D eigenvalue weighted by atomic mass is 32.2. The predicted octanol–water partition coefficient (Wildman–Crippen LogP) is 7.67. The van der Waals surface area contributed by atoms with Gasteiger partial charge in [-0.25, -0.2) is 32.5 Å². The molecule has 6 heterocycles. The van der Waals surface area contributed by atoms with Crippen molar-refractivity contribution in [3.05, 3.63) is 123 Å². The maximum atomic E-state index is 15.5. The van der Waals surface area contributed by atoms with Gasteiger partial charge in [0.15, 0.2) is 16.7 Å².